The van der Waals surface area contributed by atoms with Gasteiger partial charge in [-0.3, -0.25) is 0 Å². The van der Waals surface area contributed by atoms with Crippen LogP contribution in [0.3, 0.4) is 0 Å². The van der Waals surface area contributed by atoms with E-state index in [4.69, 9.17) is 5.73 Å². The molecule has 6 nitrogen and oxygen atoms in total. The lowest BCUT2D eigenvalue weighted by Gasteiger charge is -2.08. The Balaban J connectivity index is 0.00000312. The van der Waals surface area contributed by atoms with Crippen LogP contribution in [0.15, 0.2) is 52.4 Å². The molecule has 0 aromatic heterocycles. The van der Waals surface area contributed by atoms with Gasteiger partial charge in [0.15, 0.2) is 5.96 Å². The second kappa shape index (κ2) is 9.16. The fourth-order valence-electron chi connectivity index (χ4n) is 2.30. The van der Waals surface area contributed by atoms with Crippen LogP contribution in [-0.4, -0.2) is 21.4 Å². The van der Waals surface area contributed by atoms with Crippen molar-refractivity contribution in [1.29, 1.82) is 0 Å². The fourth-order valence-corrected chi connectivity index (χ4v) is 3.03. The minimum absolute atomic E-state index is 0. The molecule has 25 heavy (non-hydrogen) atoms. The van der Waals surface area contributed by atoms with Crippen molar-refractivity contribution in [2.45, 2.75) is 25.3 Å². The number of hydrogen-bond acceptors (Lipinski definition) is 3. The van der Waals surface area contributed by atoms with Crippen molar-refractivity contribution in [1.82, 2.24) is 4.72 Å². The van der Waals surface area contributed by atoms with Crippen molar-refractivity contribution in [3.63, 3.8) is 0 Å². The first kappa shape index (κ1) is 21.4. The molecule has 0 aliphatic heterocycles. The van der Waals surface area contributed by atoms with Gasteiger partial charge in [-0.1, -0.05) is 18.2 Å². The van der Waals surface area contributed by atoms with Crippen LogP contribution in [0.5, 0.6) is 0 Å². The fraction of sp³-hybridized carbons (Fsp3) is 0.235. The van der Waals surface area contributed by atoms with Crippen LogP contribution in [0.25, 0.3) is 0 Å². The molecule has 0 amide bonds. The zero-order chi connectivity index (χ0) is 17.7. The third-order valence-electron chi connectivity index (χ3n) is 3.43. The lowest BCUT2D eigenvalue weighted by atomic mass is 10.1. The summed E-state index contributed by atoms with van der Waals surface area (Å²) in [6.45, 7) is 4.40. The summed E-state index contributed by atoms with van der Waals surface area (Å²) < 4.78 is 25.6. The van der Waals surface area contributed by atoms with E-state index in [2.05, 4.69) is 21.1 Å². The number of nitrogens with one attached hydrogen (secondary N) is 2. The summed E-state index contributed by atoms with van der Waals surface area (Å²) in [5.74, 6) is 0.312. The molecule has 0 saturated heterocycles. The SMILES string of the molecule is CNS(=O)(=O)c1ccc(CN=C(N)Nc2cc(C)cc(C)c2)cc1.I. The molecule has 4 N–H and O–H groups in total. The number of nitrogens with zero attached hydrogens (tertiary/aromatic N) is 1. The monoisotopic (exact) mass is 474 g/mol. The van der Waals surface area contributed by atoms with E-state index in [1.807, 2.05) is 26.0 Å². The van der Waals surface area contributed by atoms with Gasteiger partial charge in [0.2, 0.25) is 10.0 Å². The molecule has 2 rings (SSSR count). The van der Waals surface area contributed by atoms with Crippen LogP contribution in [-0.2, 0) is 16.6 Å². The Morgan fingerprint density at radius 2 is 1.64 bits per heavy atom. The zero-order valence-electron chi connectivity index (χ0n) is 14.4. The van der Waals surface area contributed by atoms with Gasteiger partial charge in [-0.25, -0.2) is 18.1 Å². The lowest BCUT2D eigenvalue weighted by molar-refractivity contribution is 0.588. The summed E-state index contributed by atoms with van der Waals surface area (Å²) in [7, 11) is -2.04. The van der Waals surface area contributed by atoms with Crippen molar-refractivity contribution >= 4 is 45.6 Å². The van der Waals surface area contributed by atoms with Crippen LogP contribution < -0.4 is 15.8 Å². The number of halogens is 1. The summed E-state index contributed by atoms with van der Waals surface area (Å²) in [6.07, 6.45) is 0. The van der Waals surface area contributed by atoms with Gasteiger partial charge in [-0.2, -0.15) is 0 Å². The molecule has 2 aromatic carbocycles. The summed E-state index contributed by atoms with van der Waals surface area (Å²) in [5, 5.41) is 3.06. The molecule has 0 aliphatic rings. The van der Waals surface area contributed by atoms with Crippen molar-refractivity contribution in [2.75, 3.05) is 12.4 Å². The van der Waals surface area contributed by atoms with Crippen LogP contribution in [0.4, 0.5) is 5.69 Å². The standard InChI is InChI=1S/C17H22N4O2S.HI/c1-12-8-13(2)10-15(9-12)21-17(18)20-11-14-4-6-16(7-5-14)24(22,23)19-3;/h4-10,19H,11H2,1-3H3,(H3,18,20,21);1H. The van der Waals surface area contributed by atoms with Gasteiger partial charge in [-0.15, -0.1) is 24.0 Å². The molecule has 0 atom stereocenters. The quantitative estimate of drug-likeness (QED) is 0.353. The highest BCUT2D eigenvalue weighted by Crippen LogP contribution is 2.14. The van der Waals surface area contributed by atoms with Crippen molar-refractivity contribution in [2.24, 2.45) is 10.7 Å². The molecule has 8 heteroatoms. The highest BCUT2D eigenvalue weighted by atomic mass is 127. The van der Waals surface area contributed by atoms with Gasteiger partial charge in [0.25, 0.3) is 0 Å². The minimum atomic E-state index is -3.42. The predicted octanol–water partition coefficient (Wildman–Crippen LogP) is 2.76. The van der Waals surface area contributed by atoms with Crippen LogP contribution in [0.2, 0.25) is 0 Å². The Labute approximate surface area is 166 Å². The average molecular weight is 474 g/mol. The molecule has 0 unspecified atom stereocenters. The van der Waals surface area contributed by atoms with Gasteiger partial charge in [0.05, 0.1) is 11.4 Å². The Morgan fingerprint density at radius 1 is 1.08 bits per heavy atom. The molecule has 0 radical (unpaired) electrons. The maximum atomic E-state index is 11.7. The van der Waals surface area contributed by atoms with Crippen LogP contribution in [0, 0.1) is 13.8 Å². The van der Waals surface area contributed by atoms with Crippen molar-refractivity contribution < 1.29 is 8.42 Å². The van der Waals surface area contributed by atoms with Gasteiger partial charge >= 0.3 is 0 Å². The number of aryl methyl sites for hydroxylation is 2. The first-order valence-corrected chi connectivity index (χ1v) is 8.96. The van der Waals surface area contributed by atoms with Crippen LogP contribution >= 0.6 is 24.0 Å². The van der Waals surface area contributed by atoms with Crippen LogP contribution in [0.1, 0.15) is 16.7 Å². The van der Waals surface area contributed by atoms with Gasteiger partial charge in [0.1, 0.15) is 0 Å². The summed E-state index contributed by atoms with van der Waals surface area (Å²) >= 11 is 0. The number of benzene rings is 2. The third-order valence-corrected chi connectivity index (χ3v) is 4.86. The molecular weight excluding hydrogens is 451 g/mol. The average Bonchev–Trinajstić information content (AvgIpc) is 2.52. The zero-order valence-corrected chi connectivity index (χ0v) is 17.6. The first-order chi connectivity index (χ1) is 11.3. The maximum Gasteiger partial charge on any atom is 0.240 e. The molecular formula is C17H23IN4O2S. The van der Waals surface area contributed by atoms with E-state index in [-0.39, 0.29) is 28.9 Å². The third kappa shape index (κ3) is 6.29. The molecule has 136 valence electrons. The maximum absolute atomic E-state index is 11.7. The lowest BCUT2D eigenvalue weighted by Crippen LogP contribution is -2.22. The van der Waals surface area contributed by atoms with E-state index in [0.717, 1.165) is 22.4 Å². The molecule has 0 fully saturated rings. The number of anilines is 1. The van der Waals surface area contributed by atoms with Gasteiger partial charge in [-0.05, 0) is 61.9 Å². The van der Waals surface area contributed by atoms with E-state index in [0.29, 0.717) is 12.5 Å². The number of guanidine groups is 1. The highest BCUT2D eigenvalue weighted by Gasteiger charge is 2.10. The smallest absolute Gasteiger partial charge is 0.240 e. The Kier molecular flexibility index (Phi) is 7.84. The largest absolute Gasteiger partial charge is 0.370 e. The normalized spacial score (nSPS) is 11.7. The number of rotatable bonds is 5. The molecule has 0 bridgehead atoms. The van der Waals surface area contributed by atoms with Gasteiger partial charge < -0.3 is 11.1 Å². The van der Waals surface area contributed by atoms with E-state index < -0.39 is 10.0 Å². The van der Waals surface area contributed by atoms with E-state index in [1.165, 1.54) is 7.05 Å². The first-order valence-electron chi connectivity index (χ1n) is 7.48. The van der Waals surface area contributed by atoms with E-state index in [1.54, 1.807) is 24.3 Å². The number of aliphatic imine (C=N–C) groups is 1. The Bertz CT molecular complexity index is 829. The highest BCUT2D eigenvalue weighted by molar-refractivity contribution is 14.0. The Morgan fingerprint density at radius 3 is 2.16 bits per heavy atom. The van der Waals surface area contributed by atoms with Gasteiger partial charge in [0, 0.05) is 5.69 Å². The number of nitrogens with two attached hydrogens (primary N) is 1. The number of sulfonamides is 1. The minimum Gasteiger partial charge on any atom is -0.370 e. The Hall–Kier alpha value is -1.65. The molecule has 0 aliphatic carbocycles. The van der Waals surface area contributed by atoms with E-state index in [9.17, 15) is 8.42 Å². The predicted molar refractivity (Wildman–Crippen MR) is 113 cm³/mol. The topological polar surface area (TPSA) is 96.6 Å². The molecule has 0 spiro atoms. The molecule has 0 saturated carbocycles. The van der Waals surface area contributed by atoms with Crippen molar-refractivity contribution in [3.05, 3.63) is 59.2 Å². The summed E-state index contributed by atoms with van der Waals surface area (Å²) in [4.78, 5) is 4.50. The molecule has 0 heterocycles. The summed E-state index contributed by atoms with van der Waals surface area (Å²) in [5.41, 5.74) is 9.96. The second-order valence-corrected chi connectivity index (χ2v) is 7.44. The van der Waals surface area contributed by atoms with Crippen molar-refractivity contribution in [3.8, 4) is 0 Å². The summed E-state index contributed by atoms with van der Waals surface area (Å²) in [6, 6.07) is 12.6. The second-order valence-electron chi connectivity index (χ2n) is 5.55. The number of hydrogen-bond donors (Lipinski definition) is 3. The molecule has 2 aromatic rings. The van der Waals surface area contributed by atoms with E-state index >= 15 is 0 Å².